The number of nitrogens with two attached hydrogens (primary N) is 2. The van der Waals surface area contributed by atoms with Crippen molar-refractivity contribution in [2.75, 3.05) is 11.5 Å². The Morgan fingerprint density at radius 1 is 1.06 bits per heavy atom. The largest absolute Gasteiger partial charge is 0.368 e. The smallest absolute Gasteiger partial charge is 0.220 e. The maximum absolute atomic E-state index is 5.28. The summed E-state index contributed by atoms with van der Waals surface area (Å²) in [7, 11) is 0. The van der Waals surface area contributed by atoms with Crippen LogP contribution in [0.15, 0.2) is 22.9 Å². The number of anilines is 2. The highest BCUT2D eigenvalue weighted by Crippen LogP contribution is 2.11. The van der Waals surface area contributed by atoms with Gasteiger partial charge in [-0.25, -0.2) is 19.9 Å². The standard InChI is InChI=1S/C5H6BrN3.C5H7N3/c1-3-4(6)2-8-5(7)9-3;1-4-2-3-7-5(6)8-4/h2H,1H3,(H2,7,8,9);2-3H,1H3,(H2,6,7,8). The van der Waals surface area contributed by atoms with Gasteiger partial charge in [0.15, 0.2) is 0 Å². The average molecular weight is 297 g/mol. The van der Waals surface area contributed by atoms with Crippen molar-refractivity contribution in [2.24, 2.45) is 0 Å². The normalized spacial score (nSPS) is 9.35. The van der Waals surface area contributed by atoms with Crippen molar-refractivity contribution in [3.05, 3.63) is 34.3 Å². The second-order valence-electron chi connectivity index (χ2n) is 3.22. The molecule has 0 atom stereocenters. The second kappa shape index (κ2) is 6.09. The molecule has 0 aliphatic heterocycles. The molecule has 2 heterocycles. The van der Waals surface area contributed by atoms with Gasteiger partial charge in [0.1, 0.15) is 0 Å². The predicted molar refractivity (Wildman–Crippen MR) is 70.1 cm³/mol. The molecule has 0 unspecified atom stereocenters. The Kier molecular flexibility index (Phi) is 4.77. The summed E-state index contributed by atoms with van der Waals surface area (Å²) in [5.74, 6) is 0.653. The van der Waals surface area contributed by atoms with Crippen LogP contribution in [0, 0.1) is 13.8 Å². The molecule has 0 saturated heterocycles. The quantitative estimate of drug-likeness (QED) is 0.763. The van der Waals surface area contributed by atoms with E-state index in [9.17, 15) is 0 Å². The highest BCUT2D eigenvalue weighted by Gasteiger charge is 1.94. The minimum Gasteiger partial charge on any atom is -0.368 e. The Hall–Kier alpha value is -1.76. The molecule has 0 spiro atoms. The fraction of sp³-hybridized carbons (Fsp3) is 0.200. The zero-order valence-corrected chi connectivity index (χ0v) is 11.1. The molecule has 2 rings (SSSR count). The van der Waals surface area contributed by atoms with Crippen LogP contribution >= 0.6 is 15.9 Å². The van der Waals surface area contributed by atoms with E-state index in [0.717, 1.165) is 15.9 Å². The molecule has 0 aliphatic carbocycles. The molecule has 90 valence electrons. The van der Waals surface area contributed by atoms with Gasteiger partial charge >= 0.3 is 0 Å². The van der Waals surface area contributed by atoms with E-state index >= 15 is 0 Å². The van der Waals surface area contributed by atoms with E-state index in [1.807, 2.05) is 13.8 Å². The van der Waals surface area contributed by atoms with Gasteiger partial charge in [-0.2, -0.15) is 0 Å². The minimum atomic E-state index is 0.315. The van der Waals surface area contributed by atoms with Crippen molar-refractivity contribution < 1.29 is 0 Å². The van der Waals surface area contributed by atoms with Crippen molar-refractivity contribution in [1.29, 1.82) is 0 Å². The van der Waals surface area contributed by atoms with Crippen molar-refractivity contribution in [3.63, 3.8) is 0 Å². The highest BCUT2D eigenvalue weighted by atomic mass is 79.9. The third-order valence-electron chi connectivity index (χ3n) is 1.75. The lowest BCUT2D eigenvalue weighted by Gasteiger charge is -1.94. The Bertz CT molecular complexity index is 485. The minimum absolute atomic E-state index is 0.315. The molecular weight excluding hydrogens is 284 g/mol. The molecule has 17 heavy (non-hydrogen) atoms. The number of hydrogen-bond acceptors (Lipinski definition) is 6. The van der Waals surface area contributed by atoms with Crippen LogP contribution in [0.1, 0.15) is 11.4 Å². The van der Waals surface area contributed by atoms with Crippen LogP contribution in [0.25, 0.3) is 0 Å². The predicted octanol–water partition coefficient (Wildman–Crippen LogP) is 1.50. The zero-order chi connectivity index (χ0) is 12.8. The third-order valence-corrected chi connectivity index (χ3v) is 2.53. The topological polar surface area (TPSA) is 104 Å². The first kappa shape index (κ1) is 13.3. The number of rotatable bonds is 0. The first-order valence-electron chi connectivity index (χ1n) is 4.79. The molecule has 6 nitrogen and oxygen atoms in total. The van der Waals surface area contributed by atoms with E-state index in [1.165, 1.54) is 0 Å². The molecule has 0 amide bonds. The highest BCUT2D eigenvalue weighted by molar-refractivity contribution is 9.10. The van der Waals surface area contributed by atoms with Gasteiger partial charge in [-0.3, -0.25) is 0 Å². The first-order valence-corrected chi connectivity index (χ1v) is 5.58. The second-order valence-corrected chi connectivity index (χ2v) is 4.07. The molecule has 0 saturated carbocycles. The summed E-state index contributed by atoms with van der Waals surface area (Å²) >= 11 is 3.25. The van der Waals surface area contributed by atoms with Crippen LogP contribution in [-0.2, 0) is 0 Å². The van der Waals surface area contributed by atoms with E-state index in [1.54, 1.807) is 18.5 Å². The summed E-state index contributed by atoms with van der Waals surface area (Å²) in [4.78, 5) is 15.2. The zero-order valence-electron chi connectivity index (χ0n) is 9.55. The third kappa shape index (κ3) is 4.73. The summed E-state index contributed by atoms with van der Waals surface area (Å²) in [6.07, 6.45) is 3.27. The van der Waals surface area contributed by atoms with Gasteiger partial charge in [0, 0.05) is 18.1 Å². The van der Waals surface area contributed by atoms with E-state index in [0.29, 0.717) is 11.9 Å². The van der Waals surface area contributed by atoms with Crippen LogP contribution in [0.4, 0.5) is 11.9 Å². The van der Waals surface area contributed by atoms with Gasteiger partial charge in [0.25, 0.3) is 0 Å². The van der Waals surface area contributed by atoms with Gasteiger partial charge in [-0.1, -0.05) is 0 Å². The summed E-state index contributed by atoms with van der Waals surface area (Å²) in [6, 6.07) is 1.80. The molecule has 0 aliphatic rings. The SMILES string of the molecule is Cc1ccnc(N)n1.Cc1nc(N)ncc1Br. The first-order chi connectivity index (χ1) is 7.99. The number of aromatic nitrogens is 4. The van der Waals surface area contributed by atoms with Crippen molar-refractivity contribution in [1.82, 2.24) is 19.9 Å². The molecule has 2 aromatic heterocycles. The molecular formula is C10H13BrN6. The lowest BCUT2D eigenvalue weighted by atomic mass is 10.5. The number of halogens is 1. The fourth-order valence-corrected chi connectivity index (χ4v) is 1.13. The average Bonchev–Trinajstić information content (AvgIpc) is 2.24. The summed E-state index contributed by atoms with van der Waals surface area (Å²) in [5.41, 5.74) is 12.3. The number of nitrogens with zero attached hydrogens (tertiary/aromatic N) is 4. The van der Waals surface area contributed by atoms with Crippen LogP contribution in [0.2, 0.25) is 0 Å². The molecule has 0 aromatic carbocycles. The molecule has 0 radical (unpaired) electrons. The van der Waals surface area contributed by atoms with Gasteiger partial charge in [0.2, 0.25) is 11.9 Å². The van der Waals surface area contributed by atoms with Crippen LogP contribution in [0.5, 0.6) is 0 Å². The number of nitrogen functional groups attached to an aromatic ring is 2. The van der Waals surface area contributed by atoms with E-state index in [4.69, 9.17) is 11.5 Å². The van der Waals surface area contributed by atoms with Crippen LogP contribution in [-0.4, -0.2) is 19.9 Å². The maximum atomic E-state index is 5.28. The molecule has 0 fully saturated rings. The van der Waals surface area contributed by atoms with Gasteiger partial charge < -0.3 is 11.5 Å². The molecule has 7 heteroatoms. The van der Waals surface area contributed by atoms with Crippen LogP contribution < -0.4 is 11.5 Å². The fourth-order valence-electron chi connectivity index (χ4n) is 0.939. The maximum Gasteiger partial charge on any atom is 0.220 e. The van der Waals surface area contributed by atoms with Crippen molar-refractivity contribution in [2.45, 2.75) is 13.8 Å². The van der Waals surface area contributed by atoms with E-state index < -0.39 is 0 Å². The van der Waals surface area contributed by atoms with Crippen molar-refractivity contribution in [3.8, 4) is 0 Å². The van der Waals surface area contributed by atoms with E-state index in [2.05, 4.69) is 35.9 Å². The van der Waals surface area contributed by atoms with Crippen LogP contribution in [0.3, 0.4) is 0 Å². The molecule has 4 N–H and O–H groups in total. The Morgan fingerprint density at radius 3 is 2.12 bits per heavy atom. The van der Waals surface area contributed by atoms with Crippen molar-refractivity contribution >= 4 is 27.8 Å². The Morgan fingerprint density at radius 2 is 1.71 bits per heavy atom. The monoisotopic (exact) mass is 296 g/mol. The summed E-state index contributed by atoms with van der Waals surface area (Å²) < 4.78 is 0.886. The lowest BCUT2D eigenvalue weighted by Crippen LogP contribution is -1.95. The van der Waals surface area contributed by atoms with E-state index in [-0.39, 0.29) is 0 Å². The Labute approximate surface area is 108 Å². The van der Waals surface area contributed by atoms with Gasteiger partial charge in [-0.15, -0.1) is 0 Å². The Balaban J connectivity index is 0.000000171. The lowest BCUT2D eigenvalue weighted by molar-refractivity contribution is 1.10. The van der Waals surface area contributed by atoms with Gasteiger partial charge in [-0.05, 0) is 35.8 Å². The molecule has 2 aromatic rings. The van der Waals surface area contributed by atoms with Gasteiger partial charge in [0.05, 0.1) is 10.2 Å². The number of hydrogen-bond donors (Lipinski definition) is 2. The number of aryl methyl sites for hydroxylation is 2. The summed E-state index contributed by atoms with van der Waals surface area (Å²) in [5, 5.41) is 0. The summed E-state index contributed by atoms with van der Waals surface area (Å²) in [6.45, 7) is 3.74. The molecule has 0 bridgehead atoms.